The lowest BCUT2D eigenvalue weighted by Gasteiger charge is -2.22. The van der Waals surface area contributed by atoms with Crippen LogP contribution in [-0.4, -0.2) is 65.1 Å². The van der Waals surface area contributed by atoms with Gasteiger partial charge in [-0.05, 0) is 18.4 Å². The van der Waals surface area contributed by atoms with Gasteiger partial charge in [0.25, 0.3) is 0 Å². The van der Waals surface area contributed by atoms with Crippen LogP contribution in [0.1, 0.15) is 24.8 Å². The van der Waals surface area contributed by atoms with Crippen LogP contribution < -0.4 is 0 Å². The van der Waals surface area contributed by atoms with Gasteiger partial charge < -0.3 is 4.90 Å². The summed E-state index contributed by atoms with van der Waals surface area (Å²) in [5.74, 6) is -0.247. The minimum absolute atomic E-state index is 0.0247. The van der Waals surface area contributed by atoms with Gasteiger partial charge in [0.05, 0.1) is 11.8 Å². The summed E-state index contributed by atoms with van der Waals surface area (Å²) in [6, 6.07) is 10.2. The van der Waals surface area contributed by atoms with E-state index in [1.807, 2.05) is 23.1 Å². The Morgan fingerprint density at radius 3 is 2.23 bits per heavy atom. The molecule has 0 unspecified atom stereocenters. The number of carbonyl (C=O) groups is 3. The molecular weight excluding hydrogens is 330 g/mol. The van der Waals surface area contributed by atoms with E-state index in [2.05, 4.69) is 17.0 Å². The molecule has 4 rings (SSSR count). The zero-order chi connectivity index (χ0) is 18.1. The van der Waals surface area contributed by atoms with Crippen molar-refractivity contribution in [2.45, 2.75) is 25.8 Å². The fourth-order valence-electron chi connectivity index (χ4n) is 4.45. The Labute approximate surface area is 153 Å². The molecule has 3 heterocycles. The van der Waals surface area contributed by atoms with E-state index in [9.17, 15) is 14.4 Å². The van der Waals surface area contributed by atoms with E-state index < -0.39 is 0 Å². The lowest BCUT2D eigenvalue weighted by atomic mass is 10.00. The SMILES string of the molecule is O=C1CCCN1CCCN1C(=O)[C@H]2CN(Cc3ccccc3)C[C@H]2C1=O. The molecular formula is C20H25N3O3. The van der Waals surface area contributed by atoms with Gasteiger partial charge in [-0.25, -0.2) is 0 Å². The van der Waals surface area contributed by atoms with Crippen LogP contribution in [0.2, 0.25) is 0 Å². The van der Waals surface area contributed by atoms with E-state index in [0.717, 1.165) is 19.5 Å². The largest absolute Gasteiger partial charge is 0.343 e. The molecule has 0 radical (unpaired) electrons. The fraction of sp³-hybridized carbons (Fsp3) is 0.550. The average Bonchev–Trinajstić information content (AvgIpc) is 3.29. The number of hydrogen-bond acceptors (Lipinski definition) is 4. The van der Waals surface area contributed by atoms with Crippen LogP contribution in [0.25, 0.3) is 0 Å². The standard InChI is InChI=1S/C20H25N3O3/c24-18-8-4-9-22(18)10-5-11-23-19(25)16-13-21(14-17(16)20(23)26)12-15-6-2-1-3-7-15/h1-3,6-7,16-17H,4-5,8-14H2/t16-,17+. The summed E-state index contributed by atoms with van der Waals surface area (Å²) >= 11 is 0. The molecule has 26 heavy (non-hydrogen) atoms. The highest BCUT2D eigenvalue weighted by Crippen LogP contribution is 2.34. The van der Waals surface area contributed by atoms with Crippen molar-refractivity contribution in [2.24, 2.45) is 11.8 Å². The van der Waals surface area contributed by atoms with Crippen LogP contribution in [0, 0.1) is 11.8 Å². The van der Waals surface area contributed by atoms with Gasteiger partial charge in [0.15, 0.2) is 0 Å². The van der Waals surface area contributed by atoms with Crippen LogP contribution in [0.3, 0.4) is 0 Å². The molecule has 3 saturated heterocycles. The van der Waals surface area contributed by atoms with Gasteiger partial charge in [-0.3, -0.25) is 24.2 Å². The predicted octanol–water partition coefficient (Wildman–Crippen LogP) is 1.12. The Hall–Kier alpha value is -2.21. The van der Waals surface area contributed by atoms with E-state index in [4.69, 9.17) is 0 Å². The summed E-state index contributed by atoms with van der Waals surface area (Å²) in [5.41, 5.74) is 1.21. The van der Waals surface area contributed by atoms with Gasteiger partial charge in [0.1, 0.15) is 0 Å². The molecule has 0 aliphatic carbocycles. The van der Waals surface area contributed by atoms with Crippen LogP contribution in [0.4, 0.5) is 0 Å². The van der Waals surface area contributed by atoms with Gasteiger partial charge in [-0.1, -0.05) is 30.3 Å². The third-order valence-corrected chi connectivity index (χ3v) is 5.79. The minimum Gasteiger partial charge on any atom is -0.343 e. The van der Waals surface area contributed by atoms with E-state index in [0.29, 0.717) is 39.0 Å². The predicted molar refractivity (Wildman–Crippen MR) is 95.9 cm³/mol. The van der Waals surface area contributed by atoms with E-state index in [1.54, 1.807) is 0 Å². The maximum Gasteiger partial charge on any atom is 0.234 e. The highest BCUT2D eigenvalue weighted by atomic mass is 16.2. The van der Waals surface area contributed by atoms with Gasteiger partial charge in [0, 0.05) is 45.7 Å². The molecule has 0 aromatic heterocycles. The first-order chi connectivity index (χ1) is 12.6. The lowest BCUT2D eigenvalue weighted by Crippen LogP contribution is -2.38. The Kier molecular flexibility index (Phi) is 4.76. The summed E-state index contributed by atoms with van der Waals surface area (Å²) in [7, 11) is 0. The maximum atomic E-state index is 12.7. The Balaban J connectivity index is 1.30. The summed E-state index contributed by atoms with van der Waals surface area (Å²) in [6.45, 7) is 3.99. The quantitative estimate of drug-likeness (QED) is 0.718. The minimum atomic E-state index is -0.195. The van der Waals surface area contributed by atoms with Gasteiger partial charge in [0.2, 0.25) is 17.7 Å². The molecule has 6 nitrogen and oxygen atoms in total. The number of benzene rings is 1. The average molecular weight is 355 g/mol. The molecule has 0 bridgehead atoms. The molecule has 0 saturated carbocycles. The van der Waals surface area contributed by atoms with Crippen LogP contribution in [0.5, 0.6) is 0 Å². The molecule has 1 aromatic carbocycles. The van der Waals surface area contributed by atoms with Gasteiger partial charge in [-0.2, -0.15) is 0 Å². The van der Waals surface area contributed by atoms with Crippen molar-refractivity contribution in [2.75, 3.05) is 32.7 Å². The second-order valence-electron chi connectivity index (χ2n) is 7.56. The number of nitrogens with zero attached hydrogens (tertiary/aromatic N) is 3. The highest BCUT2D eigenvalue weighted by molar-refractivity contribution is 6.05. The van der Waals surface area contributed by atoms with Crippen LogP contribution >= 0.6 is 0 Å². The van der Waals surface area contributed by atoms with Gasteiger partial charge >= 0.3 is 0 Å². The van der Waals surface area contributed by atoms with Crippen molar-refractivity contribution < 1.29 is 14.4 Å². The molecule has 3 aliphatic rings. The maximum absolute atomic E-state index is 12.7. The molecule has 3 fully saturated rings. The Morgan fingerprint density at radius 1 is 0.923 bits per heavy atom. The number of fused-ring (bicyclic) bond motifs is 1. The molecule has 6 heteroatoms. The number of rotatable bonds is 6. The molecule has 3 aliphatic heterocycles. The molecule has 0 spiro atoms. The molecule has 1 aromatic rings. The second-order valence-corrected chi connectivity index (χ2v) is 7.56. The molecule has 138 valence electrons. The van der Waals surface area contributed by atoms with Crippen LogP contribution in [0.15, 0.2) is 30.3 Å². The summed E-state index contributed by atoms with van der Waals surface area (Å²) < 4.78 is 0. The second kappa shape index (κ2) is 7.19. The highest BCUT2D eigenvalue weighted by Gasteiger charge is 2.51. The van der Waals surface area contributed by atoms with Crippen molar-refractivity contribution in [1.29, 1.82) is 0 Å². The number of carbonyl (C=O) groups excluding carboxylic acids is 3. The fourth-order valence-corrected chi connectivity index (χ4v) is 4.45. The van der Waals surface area contributed by atoms with Crippen LogP contribution in [-0.2, 0) is 20.9 Å². The van der Waals surface area contributed by atoms with Crippen molar-refractivity contribution in [3.8, 4) is 0 Å². The number of hydrogen-bond donors (Lipinski definition) is 0. The molecule has 2 atom stereocenters. The summed E-state index contributed by atoms with van der Waals surface area (Å²) in [4.78, 5) is 42.5. The zero-order valence-electron chi connectivity index (χ0n) is 15.0. The van der Waals surface area contributed by atoms with Crippen molar-refractivity contribution in [1.82, 2.24) is 14.7 Å². The zero-order valence-corrected chi connectivity index (χ0v) is 15.0. The number of amides is 3. The van der Waals surface area contributed by atoms with Crippen molar-refractivity contribution in [3.05, 3.63) is 35.9 Å². The first kappa shape index (κ1) is 17.2. The molecule has 0 N–H and O–H groups in total. The topological polar surface area (TPSA) is 60.9 Å². The monoisotopic (exact) mass is 355 g/mol. The van der Waals surface area contributed by atoms with E-state index in [-0.39, 0.29) is 29.6 Å². The molecule has 3 amide bonds. The Bertz CT molecular complexity index is 682. The first-order valence-electron chi connectivity index (χ1n) is 9.53. The third kappa shape index (κ3) is 3.26. The van der Waals surface area contributed by atoms with E-state index >= 15 is 0 Å². The number of likely N-dealkylation sites (tertiary alicyclic amines) is 3. The Morgan fingerprint density at radius 2 is 1.62 bits per heavy atom. The van der Waals surface area contributed by atoms with Gasteiger partial charge in [-0.15, -0.1) is 0 Å². The van der Waals surface area contributed by atoms with Crippen molar-refractivity contribution >= 4 is 17.7 Å². The summed E-state index contributed by atoms with van der Waals surface area (Å²) in [5, 5.41) is 0. The first-order valence-corrected chi connectivity index (χ1v) is 9.53. The normalized spacial score (nSPS) is 26.2. The smallest absolute Gasteiger partial charge is 0.234 e. The number of imide groups is 1. The third-order valence-electron chi connectivity index (χ3n) is 5.79. The van der Waals surface area contributed by atoms with Crippen molar-refractivity contribution in [3.63, 3.8) is 0 Å². The van der Waals surface area contributed by atoms with E-state index in [1.165, 1.54) is 10.5 Å². The lowest BCUT2D eigenvalue weighted by molar-refractivity contribution is -0.140. The summed E-state index contributed by atoms with van der Waals surface area (Å²) in [6.07, 6.45) is 2.22.